The lowest BCUT2D eigenvalue weighted by Gasteiger charge is -2.15. The summed E-state index contributed by atoms with van der Waals surface area (Å²) in [6.07, 6.45) is -1.86. The van der Waals surface area contributed by atoms with Gasteiger partial charge in [-0.05, 0) is 12.8 Å². The molecule has 0 aliphatic heterocycles. The second-order valence-corrected chi connectivity index (χ2v) is 5.73. The van der Waals surface area contributed by atoms with Crippen LogP contribution < -0.4 is 5.32 Å². The molecule has 0 fully saturated rings. The number of aromatic nitrogens is 3. The molecule has 0 atom stereocenters. The number of alkyl halides is 3. The quantitative estimate of drug-likeness (QED) is 0.919. The highest BCUT2D eigenvalue weighted by atomic mass is 32.1. The van der Waals surface area contributed by atoms with Gasteiger partial charge in [0.05, 0.1) is 10.6 Å². The Morgan fingerprint density at radius 2 is 1.95 bits per heavy atom. The van der Waals surface area contributed by atoms with Gasteiger partial charge in [0.25, 0.3) is 0 Å². The van der Waals surface area contributed by atoms with Gasteiger partial charge in [0, 0.05) is 18.3 Å². The smallest absolute Gasteiger partial charge is 0.370 e. The van der Waals surface area contributed by atoms with Crippen LogP contribution in [0.15, 0.2) is 12.5 Å². The molecule has 0 unspecified atom stereocenters. The zero-order chi connectivity index (χ0) is 15.6. The number of halogens is 3. The number of nitrogens with zero attached hydrogens (tertiary/aromatic N) is 3. The van der Waals surface area contributed by atoms with Crippen LogP contribution in [-0.2, 0) is 6.18 Å². The van der Waals surface area contributed by atoms with E-state index in [1.807, 2.05) is 20.8 Å². The van der Waals surface area contributed by atoms with Crippen molar-refractivity contribution in [1.82, 2.24) is 15.0 Å². The molecule has 0 bridgehead atoms. The van der Waals surface area contributed by atoms with Crippen molar-refractivity contribution in [3.05, 3.63) is 23.1 Å². The van der Waals surface area contributed by atoms with E-state index in [9.17, 15) is 13.2 Å². The maximum absolute atomic E-state index is 12.7. The van der Waals surface area contributed by atoms with Crippen molar-refractivity contribution in [3.8, 4) is 10.6 Å². The molecule has 2 aromatic heterocycles. The summed E-state index contributed by atoms with van der Waals surface area (Å²) in [4.78, 5) is 12.2. The minimum Gasteiger partial charge on any atom is -0.370 e. The van der Waals surface area contributed by atoms with Gasteiger partial charge in [-0.1, -0.05) is 13.8 Å². The Balaban J connectivity index is 2.53. The third-order valence-electron chi connectivity index (χ3n) is 2.79. The summed E-state index contributed by atoms with van der Waals surface area (Å²) in [7, 11) is 0. The Morgan fingerprint density at radius 3 is 2.48 bits per heavy atom. The van der Waals surface area contributed by atoms with Crippen LogP contribution in [0.3, 0.4) is 0 Å². The molecular weight excluding hydrogens is 301 g/mol. The minimum atomic E-state index is -4.43. The van der Waals surface area contributed by atoms with E-state index in [0.29, 0.717) is 34.3 Å². The van der Waals surface area contributed by atoms with Crippen LogP contribution in [-0.4, -0.2) is 21.5 Å². The molecule has 114 valence electrons. The largest absolute Gasteiger partial charge is 0.443 e. The molecule has 21 heavy (non-hydrogen) atoms. The monoisotopic (exact) mass is 316 g/mol. The maximum atomic E-state index is 12.7. The van der Waals surface area contributed by atoms with Crippen molar-refractivity contribution in [2.75, 3.05) is 11.9 Å². The lowest BCUT2D eigenvalue weighted by atomic mass is 10.0. The third kappa shape index (κ3) is 3.31. The van der Waals surface area contributed by atoms with E-state index in [0.717, 1.165) is 5.56 Å². The fraction of sp³-hybridized carbons (Fsp3) is 0.462. The summed E-state index contributed by atoms with van der Waals surface area (Å²) < 4.78 is 38.0. The Morgan fingerprint density at radius 1 is 1.24 bits per heavy atom. The van der Waals surface area contributed by atoms with Crippen LogP contribution in [0.1, 0.15) is 37.3 Å². The molecule has 2 heterocycles. The van der Waals surface area contributed by atoms with E-state index in [4.69, 9.17) is 0 Å². The molecular formula is C13H15F3N4S. The molecule has 0 amide bonds. The number of nitrogens with one attached hydrogen (secondary N) is 1. The van der Waals surface area contributed by atoms with Crippen LogP contribution in [0.4, 0.5) is 19.0 Å². The van der Waals surface area contributed by atoms with Crippen LogP contribution in [0.25, 0.3) is 10.6 Å². The van der Waals surface area contributed by atoms with Crippen molar-refractivity contribution >= 4 is 17.2 Å². The van der Waals surface area contributed by atoms with Gasteiger partial charge in [-0.15, -0.1) is 11.3 Å². The minimum absolute atomic E-state index is 0.0756. The van der Waals surface area contributed by atoms with Gasteiger partial charge < -0.3 is 5.32 Å². The van der Waals surface area contributed by atoms with Gasteiger partial charge in [-0.2, -0.15) is 13.2 Å². The Kier molecular flexibility index (Phi) is 4.46. The lowest BCUT2D eigenvalue weighted by molar-refractivity contribution is -0.137. The summed E-state index contributed by atoms with van der Waals surface area (Å²) in [6.45, 7) is 6.51. The summed E-state index contributed by atoms with van der Waals surface area (Å²) >= 11 is 0.597. The van der Waals surface area contributed by atoms with Gasteiger partial charge >= 0.3 is 6.18 Å². The van der Waals surface area contributed by atoms with Crippen LogP contribution in [0.2, 0.25) is 0 Å². The van der Waals surface area contributed by atoms with Crippen LogP contribution in [0, 0.1) is 0 Å². The first-order chi connectivity index (χ1) is 9.84. The van der Waals surface area contributed by atoms with Crippen molar-refractivity contribution < 1.29 is 13.2 Å². The summed E-state index contributed by atoms with van der Waals surface area (Å²) in [5.74, 6) is 0.728. The molecule has 1 N–H and O–H groups in total. The molecule has 4 nitrogen and oxygen atoms in total. The molecule has 0 saturated heterocycles. The van der Waals surface area contributed by atoms with Crippen molar-refractivity contribution in [2.24, 2.45) is 0 Å². The fourth-order valence-corrected chi connectivity index (χ4v) is 2.76. The van der Waals surface area contributed by atoms with E-state index < -0.39 is 11.2 Å². The highest BCUT2D eigenvalue weighted by Gasteiger charge is 2.35. The first kappa shape index (κ1) is 15.7. The summed E-state index contributed by atoms with van der Waals surface area (Å²) in [5.41, 5.74) is 1.31. The van der Waals surface area contributed by atoms with E-state index in [1.54, 1.807) is 0 Å². The summed E-state index contributed by atoms with van der Waals surface area (Å²) in [5, 5.41) is 2.25. The number of hydrogen-bond acceptors (Lipinski definition) is 5. The highest BCUT2D eigenvalue weighted by Crippen LogP contribution is 2.39. The van der Waals surface area contributed by atoms with Crippen molar-refractivity contribution in [1.29, 1.82) is 0 Å². The Hall–Kier alpha value is -1.70. The lowest BCUT2D eigenvalue weighted by Crippen LogP contribution is -2.07. The van der Waals surface area contributed by atoms with Crippen LogP contribution >= 0.6 is 11.3 Å². The Bertz CT molecular complexity index is 622. The second-order valence-electron chi connectivity index (χ2n) is 4.70. The maximum Gasteiger partial charge on any atom is 0.443 e. The van der Waals surface area contributed by atoms with Crippen molar-refractivity contribution in [2.45, 2.75) is 32.9 Å². The van der Waals surface area contributed by atoms with Gasteiger partial charge in [-0.25, -0.2) is 15.0 Å². The first-order valence-corrected chi connectivity index (χ1v) is 7.28. The molecule has 2 aromatic rings. The van der Waals surface area contributed by atoms with Crippen LogP contribution in [0.5, 0.6) is 0 Å². The molecule has 0 aliphatic rings. The topological polar surface area (TPSA) is 50.7 Å². The molecule has 8 heteroatoms. The third-order valence-corrected chi connectivity index (χ3v) is 3.84. The molecule has 0 spiro atoms. The molecule has 0 radical (unpaired) electrons. The van der Waals surface area contributed by atoms with Gasteiger partial charge in [0.1, 0.15) is 12.1 Å². The first-order valence-electron chi connectivity index (χ1n) is 6.46. The predicted octanol–water partition coefficient (Wildman–Crippen LogP) is 4.17. The molecule has 2 rings (SSSR count). The normalized spacial score (nSPS) is 12.0. The van der Waals surface area contributed by atoms with E-state index in [2.05, 4.69) is 20.3 Å². The number of anilines is 1. The molecule has 0 saturated carbocycles. The van der Waals surface area contributed by atoms with E-state index >= 15 is 0 Å². The molecule has 0 aliphatic carbocycles. The average Bonchev–Trinajstić information content (AvgIpc) is 2.87. The fourth-order valence-electron chi connectivity index (χ4n) is 1.96. The predicted molar refractivity (Wildman–Crippen MR) is 76.4 cm³/mol. The average molecular weight is 316 g/mol. The van der Waals surface area contributed by atoms with E-state index in [-0.39, 0.29) is 5.92 Å². The standard InChI is InChI=1S/C13H15F3N4S/c1-4-17-11-9(7(2)3)10(19-6-20-11)8-5-18-12(21-8)13(14,15)16/h5-7H,4H2,1-3H3,(H,17,19,20). The SMILES string of the molecule is CCNc1ncnc(-c2cnc(C(F)(F)F)s2)c1C(C)C. The number of thiazole rings is 1. The zero-order valence-electron chi connectivity index (χ0n) is 11.8. The molecule has 0 aromatic carbocycles. The van der Waals surface area contributed by atoms with Gasteiger partial charge in [-0.3, -0.25) is 0 Å². The number of hydrogen-bond donors (Lipinski definition) is 1. The number of rotatable bonds is 4. The highest BCUT2D eigenvalue weighted by molar-refractivity contribution is 7.15. The second kappa shape index (κ2) is 5.97. The Labute approximate surface area is 124 Å². The zero-order valence-corrected chi connectivity index (χ0v) is 12.6. The van der Waals surface area contributed by atoms with Gasteiger partial charge in [0.15, 0.2) is 5.01 Å². The van der Waals surface area contributed by atoms with Crippen molar-refractivity contribution in [3.63, 3.8) is 0 Å². The van der Waals surface area contributed by atoms with E-state index in [1.165, 1.54) is 12.5 Å². The van der Waals surface area contributed by atoms with Gasteiger partial charge in [0.2, 0.25) is 0 Å². The summed E-state index contributed by atoms with van der Waals surface area (Å²) in [6, 6.07) is 0.